The number of aryl methyl sites for hydroxylation is 1. The van der Waals surface area contributed by atoms with Crippen LogP contribution in [0, 0.1) is 6.92 Å². The SMILES string of the molecule is COCC(=O)Oc1cc(C)c2c(c1)O/C(=C\c1cccc(Br)c1)C2=O. The number of ether oxygens (including phenoxy) is 3. The van der Waals surface area contributed by atoms with Crippen molar-refractivity contribution in [3.63, 3.8) is 0 Å². The molecule has 0 amide bonds. The number of fused-ring (bicyclic) bond motifs is 1. The third-order valence-corrected chi connectivity index (χ3v) is 4.08. The van der Waals surface area contributed by atoms with Gasteiger partial charge >= 0.3 is 5.97 Å². The van der Waals surface area contributed by atoms with Gasteiger partial charge in [0.2, 0.25) is 5.78 Å². The van der Waals surface area contributed by atoms with Crippen LogP contribution < -0.4 is 9.47 Å². The van der Waals surface area contributed by atoms with E-state index in [1.54, 1.807) is 19.1 Å². The molecule has 5 nitrogen and oxygen atoms in total. The second-order valence-corrected chi connectivity index (χ2v) is 6.43. The molecule has 6 heteroatoms. The molecule has 0 saturated carbocycles. The van der Waals surface area contributed by atoms with Crippen LogP contribution in [0.5, 0.6) is 11.5 Å². The summed E-state index contributed by atoms with van der Waals surface area (Å²) < 4.78 is 16.5. The Kier molecular flexibility index (Phi) is 5.01. The molecule has 0 aliphatic carbocycles. The van der Waals surface area contributed by atoms with E-state index in [0.717, 1.165) is 10.0 Å². The van der Waals surface area contributed by atoms with Gasteiger partial charge in [-0.25, -0.2) is 4.79 Å². The van der Waals surface area contributed by atoms with E-state index in [1.165, 1.54) is 13.2 Å². The molecule has 0 bridgehead atoms. The van der Waals surface area contributed by atoms with Crippen molar-refractivity contribution in [2.75, 3.05) is 13.7 Å². The lowest BCUT2D eigenvalue weighted by Crippen LogP contribution is -2.14. The van der Waals surface area contributed by atoms with Crippen LogP contribution >= 0.6 is 15.9 Å². The second kappa shape index (κ2) is 7.21. The maximum atomic E-state index is 12.6. The number of Topliss-reactive ketones (excluding diaryl/α,β-unsaturated/α-hetero) is 1. The lowest BCUT2D eigenvalue weighted by Gasteiger charge is -2.07. The van der Waals surface area contributed by atoms with Crippen LogP contribution in [0.2, 0.25) is 0 Å². The number of rotatable bonds is 4. The summed E-state index contributed by atoms with van der Waals surface area (Å²) in [5.41, 5.74) is 2.00. The summed E-state index contributed by atoms with van der Waals surface area (Å²) in [7, 11) is 1.41. The Labute approximate surface area is 153 Å². The monoisotopic (exact) mass is 402 g/mol. The standard InChI is InChI=1S/C19H15BrO5/c1-11-6-14(24-17(21)10-23-2)9-15-18(11)19(22)16(25-15)8-12-4-3-5-13(20)7-12/h3-9H,10H2,1-2H3/b16-8-. The fourth-order valence-corrected chi connectivity index (χ4v) is 2.98. The number of allylic oxidation sites excluding steroid dienone is 1. The van der Waals surface area contributed by atoms with Crippen LogP contribution in [0.3, 0.4) is 0 Å². The topological polar surface area (TPSA) is 61.8 Å². The number of esters is 1. The van der Waals surface area contributed by atoms with Gasteiger partial charge in [0.25, 0.3) is 0 Å². The number of carbonyl (C=O) groups is 2. The molecule has 2 aromatic rings. The highest BCUT2D eigenvalue weighted by atomic mass is 79.9. The van der Waals surface area contributed by atoms with E-state index >= 15 is 0 Å². The lowest BCUT2D eigenvalue weighted by atomic mass is 10.0. The van der Waals surface area contributed by atoms with Crippen LogP contribution in [0.1, 0.15) is 21.5 Å². The van der Waals surface area contributed by atoms with Crippen molar-refractivity contribution in [3.8, 4) is 11.5 Å². The first-order chi connectivity index (χ1) is 12.0. The van der Waals surface area contributed by atoms with Crippen molar-refractivity contribution < 1.29 is 23.8 Å². The van der Waals surface area contributed by atoms with Gasteiger partial charge < -0.3 is 14.2 Å². The van der Waals surface area contributed by atoms with Gasteiger partial charge in [0.05, 0.1) is 5.56 Å². The molecular formula is C19H15BrO5. The quantitative estimate of drug-likeness (QED) is 0.440. The van der Waals surface area contributed by atoms with Crippen LogP contribution in [0.4, 0.5) is 0 Å². The zero-order chi connectivity index (χ0) is 18.0. The molecule has 0 N–H and O–H groups in total. The van der Waals surface area contributed by atoms with Gasteiger partial charge in [0.1, 0.15) is 18.1 Å². The van der Waals surface area contributed by atoms with Gasteiger partial charge in [-0.2, -0.15) is 0 Å². The summed E-state index contributed by atoms with van der Waals surface area (Å²) in [6, 6.07) is 10.7. The highest BCUT2D eigenvalue weighted by Crippen LogP contribution is 2.37. The lowest BCUT2D eigenvalue weighted by molar-refractivity contribution is -0.138. The summed E-state index contributed by atoms with van der Waals surface area (Å²) in [6.07, 6.45) is 1.68. The normalized spacial score (nSPS) is 14.4. The zero-order valence-corrected chi connectivity index (χ0v) is 15.3. The predicted molar refractivity (Wildman–Crippen MR) is 95.8 cm³/mol. The van der Waals surface area contributed by atoms with E-state index in [-0.39, 0.29) is 18.1 Å². The minimum atomic E-state index is -0.518. The van der Waals surface area contributed by atoms with Crippen LogP contribution in [0.25, 0.3) is 6.08 Å². The molecule has 2 aromatic carbocycles. The average Bonchev–Trinajstić information content (AvgIpc) is 2.84. The molecule has 1 heterocycles. The Morgan fingerprint density at radius 2 is 2.08 bits per heavy atom. The Hall–Kier alpha value is -2.44. The number of hydrogen-bond acceptors (Lipinski definition) is 5. The number of hydrogen-bond donors (Lipinski definition) is 0. The molecule has 0 unspecified atom stereocenters. The number of benzene rings is 2. The van der Waals surface area contributed by atoms with Gasteiger partial charge in [-0.15, -0.1) is 0 Å². The minimum Gasteiger partial charge on any atom is -0.452 e. The molecule has 0 fully saturated rings. The highest BCUT2D eigenvalue weighted by Gasteiger charge is 2.30. The van der Waals surface area contributed by atoms with Crippen molar-refractivity contribution in [2.45, 2.75) is 6.92 Å². The van der Waals surface area contributed by atoms with E-state index in [0.29, 0.717) is 22.6 Å². The van der Waals surface area contributed by atoms with E-state index < -0.39 is 5.97 Å². The smallest absolute Gasteiger partial charge is 0.337 e. The van der Waals surface area contributed by atoms with E-state index in [4.69, 9.17) is 14.2 Å². The van der Waals surface area contributed by atoms with Gasteiger partial charge in [-0.05, 0) is 42.3 Å². The molecule has 0 spiro atoms. The summed E-state index contributed by atoms with van der Waals surface area (Å²) in [6.45, 7) is 1.62. The van der Waals surface area contributed by atoms with Crippen LogP contribution in [0.15, 0.2) is 46.6 Å². The van der Waals surface area contributed by atoms with E-state index in [9.17, 15) is 9.59 Å². The first-order valence-electron chi connectivity index (χ1n) is 7.52. The summed E-state index contributed by atoms with van der Waals surface area (Å²) in [4.78, 5) is 24.2. The van der Waals surface area contributed by atoms with E-state index in [2.05, 4.69) is 15.9 Å². The fourth-order valence-electron chi connectivity index (χ4n) is 2.56. The van der Waals surface area contributed by atoms with Gasteiger partial charge in [0, 0.05) is 17.6 Å². The maximum Gasteiger partial charge on any atom is 0.337 e. The molecule has 0 saturated heterocycles. The van der Waals surface area contributed by atoms with Gasteiger partial charge in [-0.3, -0.25) is 4.79 Å². The zero-order valence-electron chi connectivity index (χ0n) is 13.7. The maximum absolute atomic E-state index is 12.6. The number of carbonyl (C=O) groups excluding carboxylic acids is 2. The van der Waals surface area contributed by atoms with Crippen molar-refractivity contribution in [1.29, 1.82) is 0 Å². The van der Waals surface area contributed by atoms with Crippen LogP contribution in [-0.4, -0.2) is 25.5 Å². The Bertz CT molecular complexity index is 885. The molecule has 1 aliphatic heterocycles. The van der Waals surface area contributed by atoms with Crippen molar-refractivity contribution in [2.24, 2.45) is 0 Å². The average molecular weight is 403 g/mol. The first kappa shape index (κ1) is 17.4. The second-order valence-electron chi connectivity index (χ2n) is 5.52. The Balaban J connectivity index is 1.90. The van der Waals surface area contributed by atoms with Crippen molar-refractivity contribution in [3.05, 3.63) is 63.3 Å². The molecule has 3 rings (SSSR count). The molecular weight excluding hydrogens is 388 g/mol. The van der Waals surface area contributed by atoms with Crippen molar-refractivity contribution in [1.82, 2.24) is 0 Å². The highest BCUT2D eigenvalue weighted by molar-refractivity contribution is 9.10. The fraction of sp³-hybridized carbons (Fsp3) is 0.158. The molecule has 128 valence electrons. The first-order valence-corrected chi connectivity index (χ1v) is 8.31. The van der Waals surface area contributed by atoms with Gasteiger partial charge in [-0.1, -0.05) is 28.1 Å². The van der Waals surface area contributed by atoms with Gasteiger partial charge in [0.15, 0.2) is 5.76 Å². The van der Waals surface area contributed by atoms with Crippen molar-refractivity contribution >= 4 is 33.8 Å². The molecule has 1 aliphatic rings. The molecule has 0 atom stereocenters. The summed E-state index contributed by atoms with van der Waals surface area (Å²) in [5, 5.41) is 0. The summed E-state index contributed by atoms with van der Waals surface area (Å²) in [5.74, 6) is 0.219. The third kappa shape index (κ3) is 3.81. The number of halogens is 1. The van der Waals surface area contributed by atoms with Crippen LogP contribution in [-0.2, 0) is 9.53 Å². The molecule has 0 aromatic heterocycles. The number of methoxy groups -OCH3 is 1. The minimum absolute atomic E-state index is 0.149. The van der Waals surface area contributed by atoms with E-state index in [1.807, 2.05) is 24.3 Å². The predicted octanol–water partition coefficient (Wildman–Crippen LogP) is 3.93. The summed E-state index contributed by atoms with van der Waals surface area (Å²) >= 11 is 3.40. The Morgan fingerprint density at radius 3 is 2.80 bits per heavy atom. The number of ketones is 1. The molecule has 0 radical (unpaired) electrons. The third-order valence-electron chi connectivity index (χ3n) is 3.58. The molecule has 25 heavy (non-hydrogen) atoms. The largest absolute Gasteiger partial charge is 0.452 e. The Morgan fingerprint density at radius 1 is 1.28 bits per heavy atom.